The summed E-state index contributed by atoms with van der Waals surface area (Å²) in [5, 5.41) is 10.3. The molecule has 0 saturated heterocycles. The maximum Gasteiger partial charge on any atom is 0.273 e. The number of aryl methyl sites for hydroxylation is 1. The molecule has 0 bridgehead atoms. The van der Waals surface area contributed by atoms with Crippen LogP contribution in [0.4, 0.5) is 11.4 Å². The second-order valence-corrected chi connectivity index (χ2v) is 5.34. The van der Waals surface area contributed by atoms with Crippen molar-refractivity contribution in [2.45, 2.75) is 6.42 Å². The van der Waals surface area contributed by atoms with Crippen molar-refractivity contribution in [2.24, 2.45) is 7.05 Å². The van der Waals surface area contributed by atoms with Gasteiger partial charge < -0.3 is 10.6 Å². The van der Waals surface area contributed by atoms with Crippen LogP contribution in [0.5, 0.6) is 0 Å². The van der Waals surface area contributed by atoms with E-state index in [1.165, 1.54) is 0 Å². The highest BCUT2D eigenvalue weighted by Gasteiger charge is 2.11. The van der Waals surface area contributed by atoms with Crippen LogP contribution in [-0.2, 0) is 13.5 Å². The Morgan fingerprint density at radius 2 is 1.83 bits per heavy atom. The van der Waals surface area contributed by atoms with E-state index in [2.05, 4.69) is 20.7 Å². The van der Waals surface area contributed by atoms with Gasteiger partial charge in [-0.05, 0) is 30.3 Å². The highest BCUT2D eigenvalue weighted by molar-refractivity contribution is 6.04. The van der Waals surface area contributed by atoms with Crippen LogP contribution in [-0.4, -0.2) is 27.2 Å². The molecule has 0 spiro atoms. The number of aromatic nitrogens is 3. The normalized spacial score (nSPS) is 10.4. The zero-order valence-electron chi connectivity index (χ0n) is 13.4. The molecule has 1 aromatic carbocycles. The van der Waals surface area contributed by atoms with Gasteiger partial charge in [-0.25, -0.2) is 0 Å². The van der Waals surface area contributed by atoms with Crippen LogP contribution >= 0.6 is 0 Å². The maximum atomic E-state index is 12.3. The minimum absolute atomic E-state index is 0.186. The van der Waals surface area contributed by atoms with Gasteiger partial charge in [-0.2, -0.15) is 5.10 Å². The smallest absolute Gasteiger partial charge is 0.273 e. The van der Waals surface area contributed by atoms with Crippen LogP contribution in [0.2, 0.25) is 0 Å². The molecule has 0 aliphatic rings. The van der Waals surface area contributed by atoms with Crippen LogP contribution in [0.15, 0.2) is 60.9 Å². The van der Waals surface area contributed by atoms with E-state index in [4.69, 9.17) is 0 Å². The Bertz CT molecular complexity index is 813. The van der Waals surface area contributed by atoms with Crippen LogP contribution in [0, 0.1) is 0 Å². The first-order valence-electron chi connectivity index (χ1n) is 7.76. The molecule has 0 aliphatic carbocycles. The summed E-state index contributed by atoms with van der Waals surface area (Å²) in [6.45, 7) is 0.732. The molecule has 2 heterocycles. The van der Waals surface area contributed by atoms with E-state index in [1.54, 1.807) is 30.2 Å². The molecular formula is C18H19N5O. The number of anilines is 2. The van der Waals surface area contributed by atoms with E-state index >= 15 is 0 Å². The Hall–Kier alpha value is -3.15. The third kappa shape index (κ3) is 3.78. The Balaban J connectivity index is 1.65. The van der Waals surface area contributed by atoms with Gasteiger partial charge in [0.15, 0.2) is 0 Å². The van der Waals surface area contributed by atoms with Gasteiger partial charge in [0, 0.05) is 38.1 Å². The number of hydrogen-bond donors (Lipinski definition) is 2. The molecule has 6 heteroatoms. The van der Waals surface area contributed by atoms with E-state index in [0.717, 1.165) is 30.0 Å². The summed E-state index contributed by atoms with van der Waals surface area (Å²) in [5.41, 5.74) is 3.16. The molecule has 0 saturated carbocycles. The summed E-state index contributed by atoms with van der Waals surface area (Å²) in [6.07, 6.45) is 4.20. The lowest BCUT2D eigenvalue weighted by Crippen LogP contribution is -2.17. The highest BCUT2D eigenvalue weighted by atomic mass is 16.2. The molecule has 122 valence electrons. The van der Waals surface area contributed by atoms with Crippen molar-refractivity contribution in [3.8, 4) is 0 Å². The van der Waals surface area contributed by atoms with Crippen molar-refractivity contribution in [3.05, 3.63) is 72.3 Å². The number of hydrogen-bond acceptors (Lipinski definition) is 4. The number of carbonyl (C=O) groups is 1. The first kappa shape index (κ1) is 15.7. The molecule has 3 rings (SSSR count). The molecule has 1 amide bonds. The van der Waals surface area contributed by atoms with Crippen molar-refractivity contribution in [1.82, 2.24) is 14.8 Å². The Labute approximate surface area is 140 Å². The van der Waals surface area contributed by atoms with Gasteiger partial charge in [-0.3, -0.25) is 14.5 Å². The van der Waals surface area contributed by atoms with Crippen molar-refractivity contribution in [1.29, 1.82) is 0 Å². The predicted octanol–water partition coefficient (Wildman–Crippen LogP) is 2.72. The molecule has 6 nitrogen and oxygen atoms in total. The largest absolute Gasteiger partial charge is 0.383 e. The number of rotatable bonds is 6. The topological polar surface area (TPSA) is 71.8 Å². The number of para-hydroxylation sites is 2. The fraction of sp³-hybridized carbons (Fsp3) is 0.167. The molecule has 0 atom stereocenters. The van der Waals surface area contributed by atoms with Gasteiger partial charge in [-0.15, -0.1) is 0 Å². The standard InChI is InChI=1S/C18H19N5O/c1-23-17(10-13-21-23)18(24)22-16-8-3-2-7-15(16)20-12-9-14-6-4-5-11-19-14/h2-8,10-11,13,20H,9,12H2,1H3,(H,22,24). The van der Waals surface area contributed by atoms with E-state index in [0.29, 0.717) is 5.69 Å². The van der Waals surface area contributed by atoms with Gasteiger partial charge in [-0.1, -0.05) is 18.2 Å². The second kappa shape index (κ2) is 7.41. The van der Waals surface area contributed by atoms with E-state index in [-0.39, 0.29) is 5.91 Å². The van der Waals surface area contributed by atoms with Crippen LogP contribution in [0.25, 0.3) is 0 Å². The average Bonchev–Trinajstić information content (AvgIpc) is 3.03. The number of nitrogens with zero attached hydrogens (tertiary/aromatic N) is 3. The molecule has 0 unspecified atom stereocenters. The number of nitrogens with one attached hydrogen (secondary N) is 2. The van der Waals surface area contributed by atoms with Gasteiger partial charge in [0.05, 0.1) is 11.4 Å². The number of pyridine rings is 1. The monoisotopic (exact) mass is 321 g/mol. The lowest BCUT2D eigenvalue weighted by Gasteiger charge is -2.13. The van der Waals surface area contributed by atoms with Crippen LogP contribution in [0.1, 0.15) is 16.2 Å². The second-order valence-electron chi connectivity index (χ2n) is 5.34. The minimum Gasteiger partial charge on any atom is -0.383 e. The molecule has 24 heavy (non-hydrogen) atoms. The first-order chi connectivity index (χ1) is 11.7. The van der Waals surface area contributed by atoms with Gasteiger partial charge in [0.25, 0.3) is 5.91 Å². The fourth-order valence-electron chi connectivity index (χ4n) is 2.40. The van der Waals surface area contributed by atoms with Crippen molar-refractivity contribution in [3.63, 3.8) is 0 Å². The van der Waals surface area contributed by atoms with Gasteiger partial charge in [0.1, 0.15) is 5.69 Å². The van der Waals surface area contributed by atoms with Crippen molar-refractivity contribution < 1.29 is 4.79 Å². The quantitative estimate of drug-likeness (QED) is 0.732. The number of amides is 1. The zero-order valence-corrected chi connectivity index (χ0v) is 13.4. The van der Waals surface area contributed by atoms with E-state index < -0.39 is 0 Å². The summed E-state index contributed by atoms with van der Waals surface area (Å²) in [7, 11) is 1.74. The number of benzene rings is 1. The molecule has 0 fully saturated rings. The Morgan fingerprint density at radius 3 is 2.54 bits per heavy atom. The molecule has 0 radical (unpaired) electrons. The number of carbonyl (C=O) groups excluding carboxylic acids is 1. The lowest BCUT2D eigenvalue weighted by molar-refractivity contribution is 0.101. The molecule has 2 N–H and O–H groups in total. The summed E-state index contributed by atoms with van der Waals surface area (Å²) < 4.78 is 1.55. The third-order valence-corrected chi connectivity index (χ3v) is 3.65. The lowest BCUT2D eigenvalue weighted by atomic mass is 10.2. The SMILES string of the molecule is Cn1nccc1C(=O)Nc1ccccc1NCCc1ccccn1. The summed E-state index contributed by atoms with van der Waals surface area (Å²) in [5.74, 6) is -0.186. The van der Waals surface area contributed by atoms with Gasteiger partial charge in [0.2, 0.25) is 0 Å². The van der Waals surface area contributed by atoms with E-state index in [1.807, 2.05) is 42.5 Å². The van der Waals surface area contributed by atoms with Crippen molar-refractivity contribution >= 4 is 17.3 Å². The first-order valence-corrected chi connectivity index (χ1v) is 7.76. The van der Waals surface area contributed by atoms with E-state index in [9.17, 15) is 4.79 Å². The molecular weight excluding hydrogens is 302 g/mol. The highest BCUT2D eigenvalue weighted by Crippen LogP contribution is 2.21. The maximum absolute atomic E-state index is 12.3. The average molecular weight is 321 g/mol. The summed E-state index contributed by atoms with van der Waals surface area (Å²) in [4.78, 5) is 16.6. The van der Waals surface area contributed by atoms with Crippen LogP contribution < -0.4 is 10.6 Å². The minimum atomic E-state index is -0.186. The molecule has 0 aliphatic heterocycles. The molecule has 3 aromatic rings. The zero-order chi connectivity index (χ0) is 16.8. The Kier molecular flexibility index (Phi) is 4.86. The summed E-state index contributed by atoms with van der Waals surface area (Å²) in [6, 6.07) is 15.2. The third-order valence-electron chi connectivity index (χ3n) is 3.65. The van der Waals surface area contributed by atoms with Crippen LogP contribution in [0.3, 0.4) is 0 Å². The van der Waals surface area contributed by atoms with Gasteiger partial charge >= 0.3 is 0 Å². The molecule has 2 aromatic heterocycles. The predicted molar refractivity (Wildman–Crippen MR) is 94.0 cm³/mol. The fourth-order valence-corrected chi connectivity index (χ4v) is 2.40. The Morgan fingerprint density at radius 1 is 1.04 bits per heavy atom. The van der Waals surface area contributed by atoms with Crippen molar-refractivity contribution in [2.75, 3.05) is 17.2 Å². The summed E-state index contributed by atoms with van der Waals surface area (Å²) >= 11 is 0.